The summed E-state index contributed by atoms with van der Waals surface area (Å²) >= 11 is 22.6. The van der Waals surface area contributed by atoms with E-state index in [-0.39, 0.29) is 0 Å². The number of nitrogens with one attached hydrogen (secondary N) is 2. The minimum Gasteiger partial charge on any atom is -0.352 e. The summed E-state index contributed by atoms with van der Waals surface area (Å²) in [6.45, 7) is 0. The highest BCUT2D eigenvalue weighted by Gasteiger charge is 2.78. The molecule has 3 aromatic rings. The van der Waals surface area contributed by atoms with Crippen LogP contribution in [0.15, 0.2) is 0 Å². The van der Waals surface area contributed by atoms with Crippen molar-refractivity contribution in [3.63, 3.8) is 0 Å². The molecule has 0 amide bonds. The second-order valence-corrected chi connectivity index (χ2v) is 15.0. The molecule has 0 atom stereocenters. The molecule has 0 saturated heterocycles. The Morgan fingerprint density at radius 3 is 0.559 bits per heavy atom. The molecule has 68 heavy (non-hydrogen) atoms. The zero-order valence-corrected chi connectivity index (χ0v) is 33.3. The molecular formula is C32H6Cl4F28N4. The molecule has 3 aromatic heterocycles. The van der Waals surface area contributed by atoms with Gasteiger partial charge in [-0.05, 0) is 24.3 Å². The Balaban J connectivity index is 2.36. The van der Waals surface area contributed by atoms with Crippen LogP contribution in [0.25, 0.3) is 46.4 Å². The number of hydrogen-bond donors (Lipinski definition) is 2. The molecule has 36 heteroatoms. The monoisotopic (exact) mass is 1120 g/mol. The predicted octanol–water partition coefficient (Wildman–Crippen LogP) is 16.4. The van der Waals surface area contributed by atoms with Gasteiger partial charge in [0.05, 0.1) is 87.2 Å². The van der Waals surface area contributed by atoms with Crippen LogP contribution in [0, 0.1) is 0 Å². The summed E-state index contributed by atoms with van der Waals surface area (Å²) in [5.74, 6) is -59.7. The second-order valence-electron chi connectivity index (χ2n) is 13.5. The third-order valence-electron chi connectivity index (χ3n) is 9.33. The van der Waals surface area contributed by atoms with Crippen LogP contribution in [0.2, 0.25) is 20.1 Å². The molecule has 4 nitrogen and oxygen atoms in total. The molecule has 0 saturated carbocycles. The Morgan fingerprint density at radius 1 is 0.279 bits per heavy atom. The lowest BCUT2D eigenvalue weighted by atomic mass is 9.99. The first-order valence-electron chi connectivity index (χ1n) is 16.3. The maximum Gasteiger partial charge on any atom is 0.460 e. The van der Waals surface area contributed by atoms with E-state index in [0.717, 1.165) is 9.97 Å². The van der Waals surface area contributed by atoms with Crippen molar-refractivity contribution < 1.29 is 123 Å². The van der Waals surface area contributed by atoms with E-state index in [4.69, 9.17) is 46.4 Å². The Kier molecular flexibility index (Phi) is 12.6. The molecule has 0 fully saturated rings. The van der Waals surface area contributed by atoms with Gasteiger partial charge in [-0.3, -0.25) is 0 Å². The van der Waals surface area contributed by atoms with E-state index in [9.17, 15) is 87.8 Å². The largest absolute Gasteiger partial charge is 0.460 e. The van der Waals surface area contributed by atoms with Crippen molar-refractivity contribution in [2.45, 2.75) is 72.1 Å². The smallest absolute Gasteiger partial charge is 0.352 e. The first kappa shape index (κ1) is 54.7. The number of aromatic amines is 2. The zero-order valence-electron chi connectivity index (χ0n) is 30.3. The molecule has 0 radical (unpaired) electrons. The maximum absolute atomic E-state index is 15.9. The van der Waals surface area contributed by atoms with E-state index in [0.29, 0.717) is 0 Å². The summed E-state index contributed by atoms with van der Waals surface area (Å²) in [7, 11) is 0. The zero-order chi connectivity index (χ0) is 52.9. The van der Waals surface area contributed by atoms with Crippen molar-refractivity contribution in [3.05, 3.63) is 65.1 Å². The van der Waals surface area contributed by atoms with Gasteiger partial charge in [-0.2, -0.15) is 123 Å². The third-order valence-corrected chi connectivity index (χ3v) is 11.0. The van der Waals surface area contributed by atoms with Crippen molar-refractivity contribution >= 4 is 92.8 Å². The summed E-state index contributed by atoms with van der Waals surface area (Å²) in [6.07, 6.45) is -32.9. The summed E-state index contributed by atoms with van der Waals surface area (Å²) in [5, 5.41) is -9.32. The normalized spacial score (nSPS) is 15.5. The highest BCUT2D eigenvalue weighted by atomic mass is 35.5. The standard InChI is InChI=1S/C32H6Cl4F28N4/c33-13-14(34)19-11(23(41,42)27(49,50)31(59,60)61)7-3-4-8(66-7)12(24(43,44)28(51,52)32(62,63)64)20-16(36)15(35)18(68-20)10(22(39,40)26(47,48)30(56,57)58)6-2-1-5(65-6)9(17(13)67-19)21(37,38)25(45,46)29(53,54)55/h1-4,67-68H. The van der Waals surface area contributed by atoms with Crippen LogP contribution < -0.4 is 0 Å². The van der Waals surface area contributed by atoms with Crippen LogP contribution in [-0.2, 0) is 23.7 Å². The molecule has 2 N–H and O–H groups in total. The number of H-pyrrole nitrogens is 2. The lowest BCUT2D eigenvalue weighted by Crippen LogP contribution is -2.50. The molecular weight excluding hydrogens is 1110 g/mol. The number of halogens is 32. The molecule has 0 aromatic carbocycles. The maximum atomic E-state index is 15.9. The Hall–Kier alpha value is -4.20. The fraction of sp³-hybridized carbons (Fsp3) is 0.375. The summed E-state index contributed by atoms with van der Waals surface area (Å²) in [5.41, 5.74) is -34.9. The molecule has 2 aliphatic rings. The van der Waals surface area contributed by atoms with Gasteiger partial charge in [0, 0.05) is 0 Å². The quantitative estimate of drug-likeness (QED) is 0.152. The van der Waals surface area contributed by atoms with Gasteiger partial charge in [-0.25, -0.2) is 9.97 Å². The number of fused-ring (bicyclic) bond motifs is 8. The fourth-order valence-electron chi connectivity index (χ4n) is 6.00. The molecule has 2 aliphatic heterocycles. The molecule has 5 heterocycles. The van der Waals surface area contributed by atoms with E-state index >= 15 is 35.1 Å². The molecule has 5 rings (SSSR count). The van der Waals surface area contributed by atoms with Crippen molar-refractivity contribution in [2.75, 3.05) is 0 Å². The van der Waals surface area contributed by atoms with Gasteiger partial charge in [0.25, 0.3) is 0 Å². The van der Waals surface area contributed by atoms with E-state index in [1.165, 1.54) is 0 Å². The predicted molar refractivity (Wildman–Crippen MR) is 178 cm³/mol. The Morgan fingerprint density at radius 2 is 0.426 bits per heavy atom. The fourth-order valence-corrected chi connectivity index (χ4v) is 6.95. The minimum atomic E-state index is -7.67. The number of nitrogens with zero attached hydrogens (tertiary/aromatic N) is 2. The summed E-state index contributed by atoms with van der Waals surface area (Å²) in [6, 6.07) is 0. The Labute approximate surface area is 372 Å². The highest BCUT2D eigenvalue weighted by Crippen LogP contribution is 2.60. The van der Waals surface area contributed by atoms with Gasteiger partial charge in [-0.15, -0.1) is 0 Å². The van der Waals surface area contributed by atoms with Crippen LogP contribution in [-0.4, -0.2) is 68.3 Å². The number of hydrogen-bond acceptors (Lipinski definition) is 2. The van der Waals surface area contributed by atoms with Gasteiger partial charge >= 0.3 is 72.1 Å². The lowest BCUT2D eigenvalue weighted by molar-refractivity contribution is -0.359. The van der Waals surface area contributed by atoms with Crippen LogP contribution >= 0.6 is 46.4 Å². The van der Waals surface area contributed by atoms with Crippen molar-refractivity contribution in [1.82, 2.24) is 19.9 Å². The van der Waals surface area contributed by atoms with Crippen LogP contribution in [0.5, 0.6) is 0 Å². The van der Waals surface area contributed by atoms with Gasteiger partial charge in [-0.1, -0.05) is 46.4 Å². The molecule has 0 aliphatic carbocycles. The van der Waals surface area contributed by atoms with E-state index in [1.54, 1.807) is 0 Å². The first-order valence-corrected chi connectivity index (χ1v) is 17.8. The average Bonchev–Trinajstić information content (AvgIpc) is 3.93. The van der Waals surface area contributed by atoms with Gasteiger partial charge in [0.1, 0.15) is 0 Å². The van der Waals surface area contributed by atoms with Crippen LogP contribution in [0.1, 0.15) is 45.0 Å². The third kappa shape index (κ3) is 7.56. The minimum absolute atomic E-state index is 0.633. The molecule has 378 valence electrons. The van der Waals surface area contributed by atoms with Crippen LogP contribution in [0.4, 0.5) is 123 Å². The highest BCUT2D eigenvalue weighted by molar-refractivity contribution is 6.47. The SMILES string of the molecule is FC(F)(F)C(F)(F)C(F)(F)c1c2nc(c(C(F)(F)C(F)(F)C(F)(F)F)c3[nH]c(c(Cl)c3Cl)c(C(F)(F)C(F)(F)C(F)(F)F)c3nc(c(C(F)(F)C(F)(F)C(F)(F)F)c4[nH]c1c(Cl)c4Cl)C=C3)C=C2. The molecule has 0 unspecified atom stereocenters. The van der Waals surface area contributed by atoms with Crippen molar-refractivity contribution in [2.24, 2.45) is 0 Å². The lowest BCUT2D eigenvalue weighted by Gasteiger charge is -2.29. The average molecular weight is 1120 g/mol. The first-order chi connectivity index (χ1) is 30.0. The van der Waals surface area contributed by atoms with E-state index in [1.807, 2.05) is 0 Å². The summed E-state index contributed by atoms with van der Waals surface area (Å²) in [4.78, 5) is 6.78. The summed E-state index contributed by atoms with van der Waals surface area (Å²) < 4.78 is 409. The van der Waals surface area contributed by atoms with Crippen molar-refractivity contribution in [3.8, 4) is 0 Å². The Bertz CT molecular complexity index is 2440. The second kappa shape index (κ2) is 15.6. The topological polar surface area (TPSA) is 57.4 Å². The van der Waals surface area contributed by atoms with Crippen molar-refractivity contribution in [1.29, 1.82) is 0 Å². The van der Waals surface area contributed by atoms with E-state index in [2.05, 4.69) is 9.97 Å². The van der Waals surface area contributed by atoms with Gasteiger partial charge in [0.2, 0.25) is 0 Å². The number of rotatable bonds is 8. The van der Waals surface area contributed by atoms with Gasteiger partial charge < -0.3 is 9.97 Å². The van der Waals surface area contributed by atoms with E-state index < -0.39 is 184 Å². The molecule has 8 bridgehead atoms. The number of alkyl halides is 28. The van der Waals surface area contributed by atoms with Crippen LogP contribution in [0.3, 0.4) is 0 Å². The van der Waals surface area contributed by atoms with Gasteiger partial charge in [0.15, 0.2) is 0 Å². The number of aromatic nitrogens is 4. The molecule has 0 spiro atoms.